The molecule has 3 aromatic carbocycles. The van der Waals surface area contributed by atoms with Crippen molar-refractivity contribution in [2.75, 3.05) is 13.7 Å². The number of ether oxygens (including phenoxy) is 3. The molecule has 0 saturated heterocycles. The molecule has 1 aromatic heterocycles. The molecule has 6 rings (SSSR count). The van der Waals surface area contributed by atoms with Crippen molar-refractivity contribution in [2.45, 2.75) is 46.5 Å². The first-order valence-corrected chi connectivity index (χ1v) is 13.2. The highest BCUT2D eigenvalue weighted by Crippen LogP contribution is 2.37. The van der Waals surface area contributed by atoms with Crippen LogP contribution in [0.25, 0.3) is 11.1 Å². The molecule has 9 heteroatoms. The first-order chi connectivity index (χ1) is 19.7. The summed E-state index contributed by atoms with van der Waals surface area (Å²) >= 11 is 0. The lowest BCUT2D eigenvalue weighted by Gasteiger charge is -2.13. The standard InChI is InChI=1S/C21H17FN2O2.C8H8O2.C3H6O2/c1-12-21(13(2)26-24-12)14-6-8-19(15(10-14)11-23)25-20-9-7-18(22)16-4-3-5-17(16)20;9-7-2-1-6-3-4-10-8(6)5-7;1-3(4)5-2/h6-10H,3-5H2,1-2H3;1-2,5,9H,3-4H2;1-2H3. The van der Waals surface area contributed by atoms with Gasteiger partial charge in [-0.05, 0) is 80.1 Å². The molecular weight excluding hydrogens is 527 g/mol. The van der Waals surface area contributed by atoms with Crippen LogP contribution in [0.15, 0.2) is 53.1 Å². The van der Waals surface area contributed by atoms with Gasteiger partial charge in [0.25, 0.3) is 0 Å². The summed E-state index contributed by atoms with van der Waals surface area (Å²) in [6.07, 6.45) is 3.41. The average Bonchev–Trinajstić information content (AvgIpc) is 3.72. The minimum atomic E-state index is -0.245. The summed E-state index contributed by atoms with van der Waals surface area (Å²) < 4.78 is 34.5. The summed E-state index contributed by atoms with van der Waals surface area (Å²) in [5, 5.41) is 22.5. The molecule has 0 radical (unpaired) electrons. The third kappa shape index (κ3) is 6.84. The molecule has 1 aliphatic carbocycles. The second-order valence-electron chi connectivity index (χ2n) is 9.57. The summed E-state index contributed by atoms with van der Waals surface area (Å²) in [7, 11) is 1.35. The Bertz CT molecular complexity index is 1590. The summed E-state index contributed by atoms with van der Waals surface area (Å²) in [5.74, 6) is 2.48. The number of hydrogen-bond acceptors (Lipinski definition) is 8. The van der Waals surface area contributed by atoms with E-state index < -0.39 is 0 Å². The molecule has 0 fully saturated rings. The molecular formula is C32H31FN2O6. The number of rotatable bonds is 3. The maximum Gasteiger partial charge on any atom is 0.302 e. The van der Waals surface area contributed by atoms with Crippen LogP contribution in [0.1, 0.15) is 47.1 Å². The zero-order valence-corrected chi connectivity index (χ0v) is 23.4. The molecule has 212 valence electrons. The maximum absolute atomic E-state index is 13.9. The smallest absolute Gasteiger partial charge is 0.302 e. The first kappa shape index (κ1) is 29.2. The lowest BCUT2D eigenvalue weighted by atomic mass is 10.0. The van der Waals surface area contributed by atoms with Crippen LogP contribution in [0, 0.1) is 31.0 Å². The number of fused-ring (bicyclic) bond motifs is 2. The molecule has 2 heterocycles. The highest BCUT2D eigenvalue weighted by Gasteiger charge is 2.21. The molecule has 0 atom stereocenters. The van der Waals surface area contributed by atoms with Gasteiger partial charge in [0.1, 0.15) is 40.6 Å². The number of nitriles is 1. The first-order valence-electron chi connectivity index (χ1n) is 13.2. The van der Waals surface area contributed by atoms with Gasteiger partial charge in [-0.15, -0.1) is 0 Å². The van der Waals surface area contributed by atoms with Crippen molar-refractivity contribution in [3.63, 3.8) is 0 Å². The molecule has 1 N–H and O–H groups in total. The number of carbonyl (C=O) groups excluding carboxylic acids is 1. The molecule has 1 aliphatic heterocycles. The quantitative estimate of drug-likeness (QED) is 0.274. The van der Waals surface area contributed by atoms with Crippen molar-refractivity contribution < 1.29 is 33.0 Å². The van der Waals surface area contributed by atoms with Crippen molar-refractivity contribution in [3.05, 3.63) is 88.1 Å². The van der Waals surface area contributed by atoms with E-state index in [2.05, 4.69) is 16.0 Å². The van der Waals surface area contributed by atoms with Crippen molar-refractivity contribution in [1.29, 1.82) is 5.26 Å². The number of hydrogen-bond donors (Lipinski definition) is 1. The fourth-order valence-electron chi connectivity index (χ4n) is 4.76. The third-order valence-electron chi connectivity index (χ3n) is 6.79. The second-order valence-corrected chi connectivity index (χ2v) is 9.57. The molecule has 0 unspecified atom stereocenters. The zero-order chi connectivity index (χ0) is 29.5. The Morgan fingerprint density at radius 2 is 1.78 bits per heavy atom. The highest BCUT2D eigenvalue weighted by molar-refractivity contribution is 5.71. The topological polar surface area (TPSA) is 115 Å². The van der Waals surface area contributed by atoms with E-state index in [9.17, 15) is 14.4 Å². The van der Waals surface area contributed by atoms with Crippen LogP contribution in [-0.4, -0.2) is 29.9 Å². The number of nitrogens with zero attached hydrogens (tertiary/aromatic N) is 2. The average molecular weight is 559 g/mol. The Morgan fingerprint density at radius 1 is 1.05 bits per heavy atom. The van der Waals surface area contributed by atoms with Crippen LogP contribution in [0.3, 0.4) is 0 Å². The second kappa shape index (κ2) is 13.0. The summed E-state index contributed by atoms with van der Waals surface area (Å²) in [5.41, 5.74) is 5.76. The molecule has 8 nitrogen and oxygen atoms in total. The van der Waals surface area contributed by atoms with Crippen molar-refractivity contribution >= 4 is 5.97 Å². The minimum Gasteiger partial charge on any atom is -0.508 e. The minimum absolute atomic E-state index is 0.181. The number of aromatic nitrogens is 1. The van der Waals surface area contributed by atoms with Gasteiger partial charge in [-0.1, -0.05) is 17.3 Å². The summed E-state index contributed by atoms with van der Waals surface area (Å²) in [6, 6.07) is 15.9. The fourth-order valence-corrected chi connectivity index (χ4v) is 4.76. The molecule has 0 spiro atoms. The third-order valence-corrected chi connectivity index (χ3v) is 6.79. The van der Waals surface area contributed by atoms with Crippen molar-refractivity contribution in [1.82, 2.24) is 5.16 Å². The lowest BCUT2D eigenvalue weighted by Crippen LogP contribution is -1.96. The van der Waals surface area contributed by atoms with E-state index in [1.54, 1.807) is 30.3 Å². The molecule has 41 heavy (non-hydrogen) atoms. The Morgan fingerprint density at radius 3 is 2.46 bits per heavy atom. The van der Waals surface area contributed by atoms with E-state index in [-0.39, 0.29) is 17.5 Å². The van der Waals surface area contributed by atoms with Crippen LogP contribution < -0.4 is 9.47 Å². The number of benzene rings is 3. The summed E-state index contributed by atoms with van der Waals surface area (Å²) in [6.45, 7) is 5.82. The molecule has 0 saturated carbocycles. The number of phenolic OH excluding ortho intramolecular Hbond substituents is 1. The molecule has 4 aromatic rings. The van der Waals surface area contributed by atoms with Gasteiger partial charge in [0, 0.05) is 30.5 Å². The number of aryl methyl sites for hydroxylation is 2. The van der Waals surface area contributed by atoms with Gasteiger partial charge in [0.2, 0.25) is 0 Å². The van der Waals surface area contributed by atoms with Gasteiger partial charge in [-0.2, -0.15) is 5.26 Å². The van der Waals surface area contributed by atoms with Crippen LogP contribution in [0.2, 0.25) is 0 Å². The predicted octanol–water partition coefficient (Wildman–Crippen LogP) is 6.76. The van der Waals surface area contributed by atoms with Crippen LogP contribution in [0.5, 0.6) is 23.0 Å². The Labute approximate surface area is 237 Å². The Kier molecular flexibility index (Phi) is 9.25. The van der Waals surface area contributed by atoms with E-state index in [0.717, 1.165) is 66.0 Å². The monoisotopic (exact) mass is 558 g/mol. The van der Waals surface area contributed by atoms with Crippen molar-refractivity contribution in [2.24, 2.45) is 0 Å². The number of aromatic hydroxyl groups is 1. The van der Waals surface area contributed by atoms with E-state index in [1.807, 2.05) is 26.0 Å². The van der Waals surface area contributed by atoms with Crippen molar-refractivity contribution in [3.8, 4) is 40.2 Å². The zero-order valence-electron chi connectivity index (χ0n) is 23.4. The normalized spacial score (nSPS) is 12.4. The number of phenols is 1. The van der Waals surface area contributed by atoms with Crippen LogP contribution in [-0.2, 0) is 28.8 Å². The van der Waals surface area contributed by atoms with Crippen LogP contribution in [0.4, 0.5) is 4.39 Å². The van der Waals surface area contributed by atoms with E-state index in [1.165, 1.54) is 25.7 Å². The lowest BCUT2D eigenvalue weighted by molar-refractivity contribution is -0.137. The van der Waals surface area contributed by atoms with Gasteiger partial charge in [-0.3, -0.25) is 4.79 Å². The highest BCUT2D eigenvalue weighted by atomic mass is 19.1. The maximum atomic E-state index is 13.9. The number of halogens is 1. The molecule has 0 bridgehead atoms. The van der Waals surface area contributed by atoms with Gasteiger partial charge in [-0.25, -0.2) is 4.39 Å². The predicted molar refractivity (Wildman–Crippen MR) is 150 cm³/mol. The van der Waals surface area contributed by atoms with Gasteiger partial charge in [0.05, 0.1) is 25.0 Å². The Balaban J connectivity index is 0.000000211. The number of carbonyl (C=O) groups is 1. The Hall–Kier alpha value is -4.84. The van der Waals surface area contributed by atoms with E-state index in [0.29, 0.717) is 22.8 Å². The fraction of sp³-hybridized carbons (Fsp3) is 0.281. The molecule has 0 amide bonds. The molecule has 2 aliphatic rings. The SMILES string of the molecule is COC(C)=O.Cc1noc(C)c1-c1ccc(Oc2ccc(F)c3c2CCC3)c(C#N)c1.Oc1ccc2c(c1)OCC2. The summed E-state index contributed by atoms with van der Waals surface area (Å²) in [4.78, 5) is 9.59. The largest absolute Gasteiger partial charge is 0.508 e. The number of methoxy groups -OCH3 is 1. The van der Waals surface area contributed by atoms with Gasteiger partial charge >= 0.3 is 5.97 Å². The van der Waals surface area contributed by atoms with Crippen LogP contribution >= 0.6 is 0 Å². The van der Waals surface area contributed by atoms with Gasteiger partial charge in [0.15, 0.2) is 0 Å². The number of esters is 1. The van der Waals surface area contributed by atoms with E-state index in [4.69, 9.17) is 19.1 Å². The van der Waals surface area contributed by atoms with E-state index >= 15 is 0 Å². The van der Waals surface area contributed by atoms with Gasteiger partial charge < -0.3 is 23.8 Å².